The highest BCUT2D eigenvalue weighted by molar-refractivity contribution is 5.89. The Morgan fingerprint density at radius 3 is 2.43 bits per heavy atom. The molecule has 0 saturated heterocycles. The lowest BCUT2D eigenvalue weighted by molar-refractivity contribution is -0.384. The van der Waals surface area contributed by atoms with E-state index in [4.69, 9.17) is 9.47 Å². The van der Waals surface area contributed by atoms with Crippen LogP contribution in [0, 0.1) is 10.1 Å². The van der Waals surface area contributed by atoms with Crippen LogP contribution in [0.3, 0.4) is 0 Å². The van der Waals surface area contributed by atoms with Crippen LogP contribution in [-0.4, -0.2) is 45.9 Å². The highest BCUT2D eigenvalue weighted by Gasteiger charge is 2.35. The topological polar surface area (TPSA) is 116 Å². The van der Waals surface area contributed by atoms with E-state index in [-0.39, 0.29) is 36.1 Å². The first-order chi connectivity index (χ1) is 17.8. The summed E-state index contributed by atoms with van der Waals surface area (Å²) in [7, 11) is 0. The molecule has 1 amide bonds. The van der Waals surface area contributed by atoms with Gasteiger partial charge in [0, 0.05) is 31.0 Å². The normalized spacial score (nSPS) is 17.6. The van der Waals surface area contributed by atoms with Crippen LogP contribution in [0.25, 0.3) is 0 Å². The van der Waals surface area contributed by atoms with E-state index in [1.807, 2.05) is 49.4 Å². The quantitative estimate of drug-likeness (QED) is 0.167. The Morgan fingerprint density at radius 1 is 1.11 bits per heavy atom. The number of amides is 1. The number of ketones is 1. The van der Waals surface area contributed by atoms with Crippen molar-refractivity contribution < 1.29 is 28.8 Å². The average Bonchev–Trinajstić information content (AvgIpc) is 2.88. The molecule has 37 heavy (non-hydrogen) atoms. The van der Waals surface area contributed by atoms with Gasteiger partial charge in [0.05, 0.1) is 16.5 Å². The fraction of sp³-hybridized carbons (Fsp3) is 0.393. The Bertz CT molecular complexity index is 1120. The van der Waals surface area contributed by atoms with Crippen LogP contribution in [0.1, 0.15) is 61.9 Å². The van der Waals surface area contributed by atoms with Gasteiger partial charge in [0.1, 0.15) is 18.5 Å². The molecular weight excluding hydrogens is 476 g/mol. The summed E-state index contributed by atoms with van der Waals surface area (Å²) in [5, 5.41) is 10.9. The van der Waals surface area contributed by atoms with Crippen LogP contribution >= 0.6 is 0 Å². The summed E-state index contributed by atoms with van der Waals surface area (Å²) in [5.74, 6) is -0.624. The molecular formula is C28H32N2O7. The predicted octanol–water partition coefficient (Wildman–Crippen LogP) is 5.63. The molecule has 1 aliphatic rings. The van der Waals surface area contributed by atoms with Crippen molar-refractivity contribution in [3.63, 3.8) is 0 Å². The Kier molecular flexibility index (Phi) is 9.94. The molecule has 1 aliphatic heterocycles. The maximum absolute atomic E-state index is 13.2. The van der Waals surface area contributed by atoms with Crippen molar-refractivity contribution >= 4 is 23.5 Å². The number of nitro benzene ring substituents is 1. The first-order valence-corrected chi connectivity index (χ1v) is 12.4. The number of non-ortho nitro benzene ring substituents is 1. The van der Waals surface area contributed by atoms with Gasteiger partial charge in [-0.15, -0.1) is 0 Å². The van der Waals surface area contributed by atoms with Gasteiger partial charge < -0.3 is 9.47 Å². The molecule has 196 valence electrons. The molecule has 0 fully saturated rings. The van der Waals surface area contributed by atoms with E-state index in [1.165, 1.54) is 31.2 Å². The standard InChI is InChI=1S/C28H32N2O7/c1-3-8-26(37-27(32)22-13-15-23(16-14-22)30(34)35)18-25-12-7-11-24(17-20(2)31)29(25)28(33)36-19-21-9-5-4-6-10-21/h4-7,9-10,12-16,24-26H,3,8,11,17-19H2,1-2H3/t24-,25+,26-/m0/s1. The van der Waals surface area contributed by atoms with Crippen LogP contribution < -0.4 is 0 Å². The first kappa shape index (κ1) is 27.6. The molecule has 0 saturated carbocycles. The monoisotopic (exact) mass is 508 g/mol. The zero-order chi connectivity index (χ0) is 26.8. The van der Waals surface area contributed by atoms with Crippen LogP contribution in [0.5, 0.6) is 0 Å². The molecule has 1 heterocycles. The van der Waals surface area contributed by atoms with Gasteiger partial charge in [0.15, 0.2) is 0 Å². The molecule has 3 atom stereocenters. The Labute approximate surface area is 216 Å². The van der Waals surface area contributed by atoms with Crippen molar-refractivity contribution in [2.75, 3.05) is 0 Å². The number of carbonyl (C=O) groups is 3. The molecule has 0 unspecified atom stereocenters. The first-order valence-electron chi connectivity index (χ1n) is 12.4. The van der Waals surface area contributed by atoms with Gasteiger partial charge in [0.25, 0.3) is 5.69 Å². The maximum atomic E-state index is 13.2. The molecule has 0 spiro atoms. The number of esters is 1. The number of rotatable bonds is 11. The second kappa shape index (κ2) is 13.3. The van der Waals surface area contributed by atoms with Gasteiger partial charge in [-0.25, -0.2) is 9.59 Å². The Morgan fingerprint density at radius 2 is 1.81 bits per heavy atom. The van der Waals surface area contributed by atoms with Crippen molar-refractivity contribution in [2.45, 2.75) is 70.7 Å². The summed E-state index contributed by atoms with van der Waals surface area (Å²) in [6.45, 7) is 3.56. The van der Waals surface area contributed by atoms with Gasteiger partial charge >= 0.3 is 12.1 Å². The van der Waals surface area contributed by atoms with Gasteiger partial charge in [-0.05, 0) is 37.5 Å². The molecule has 0 radical (unpaired) electrons. The molecule has 9 nitrogen and oxygen atoms in total. The highest BCUT2D eigenvalue weighted by Crippen LogP contribution is 2.27. The van der Waals surface area contributed by atoms with Crippen molar-refractivity contribution in [1.29, 1.82) is 0 Å². The van der Waals surface area contributed by atoms with Gasteiger partial charge in [0.2, 0.25) is 0 Å². The number of nitro groups is 1. The lowest BCUT2D eigenvalue weighted by Crippen LogP contribution is -2.50. The SMILES string of the molecule is CCC[C@@H](C[C@H]1C=CC[C@@H](CC(C)=O)N1C(=O)OCc1ccccc1)OC(=O)c1ccc([N+](=O)[O-])cc1. The third-order valence-electron chi connectivity index (χ3n) is 6.16. The Balaban J connectivity index is 1.74. The number of nitrogens with zero attached hydrogens (tertiary/aromatic N) is 2. The lowest BCUT2D eigenvalue weighted by atomic mass is 9.94. The molecule has 9 heteroatoms. The number of Topliss-reactive ketones (excluding diaryl/α,β-unsaturated/α-hetero) is 1. The van der Waals surface area contributed by atoms with Crippen molar-refractivity contribution in [3.05, 3.63) is 88.0 Å². The van der Waals surface area contributed by atoms with Crippen molar-refractivity contribution in [2.24, 2.45) is 0 Å². The van der Waals surface area contributed by atoms with Crippen LogP contribution in [0.2, 0.25) is 0 Å². The van der Waals surface area contributed by atoms with Crippen LogP contribution in [0.15, 0.2) is 66.7 Å². The molecule has 2 aromatic rings. The van der Waals surface area contributed by atoms with Crippen LogP contribution in [-0.2, 0) is 20.9 Å². The maximum Gasteiger partial charge on any atom is 0.410 e. The van der Waals surface area contributed by atoms with E-state index >= 15 is 0 Å². The molecule has 0 bridgehead atoms. The van der Waals surface area contributed by atoms with Gasteiger partial charge in [-0.3, -0.25) is 19.8 Å². The molecule has 2 aromatic carbocycles. The smallest absolute Gasteiger partial charge is 0.410 e. The van der Waals surface area contributed by atoms with Crippen molar-refractivity contribution in [3.8, 4) is 0 Å². The largest absolute Gasteiger partial charge is 0.459 e. The second-order valence-corrected chi connectivity index (χ2v) is 9.09. The van der Waals surface area contributed by atoms with Crippen LogP contribution in [0.4, 0.5) is 10.5 Å². The number of ether oxygens (including phenoxy) is 2. The van der Waals surface area contributed by atoms with E-state index in [9.17, 15) is 24.5 Å². The third kappa shape index (κ3) is 7.99. The Hall–Kier alpha value is -4.01. The van der Waals surface area contributed by atoms with E-state index in [2.05, 4.69) is 0 Å². The molecule has 0 aromatic heterocycles. The summed E-state index contributed by atoms with van der Waals surface area (Å²) in [6, 6.07) is 13.8. The number of hydrogen-bond acceptors (Lipinski definition) is 7. The lowest BCUT2D eigenvalue weighted by Gasteiger charge is -2.39. The number of carbonyl (C=O) groups excluding carboxylic acids is 3. The van der Waals surface area contributed by atoms with Gasteiger partial charge in [-0.1, -0.05) is 55.8 Å². The average molecular weight is 509 g/mol. The van der Waals surface area contributed by atoms with E-state index < -0.39 is 29.1 Å². The summed E-state index contributed by atoms with van der Waals surface area (Å²) in [5.41, 5.74) is 0.943. The van der Waals surface area contributed by atoms with Gasteiger partial charge in [-0.2, -0.15) is 0 Å². The third-order valence-corrected chi connectivity index (χ3v) is 6.16. The zero-order valence-corrected chi connectivity index (χ0v) is 21.1. The molecule has 0 N–H and O–H groups in total. The molecule has 0 aliphatic carbocycles. The summed E-state index contributed by atoms with van der Waals surface area (Å²) in [4.78, 5) is 49.9. The summed E-state index contributed by atoms with van der Waals surface area (Å²) in [6.07, 6.45) is 5.15. The fourth-order valence-corrected chi connectivity index (χ4v) is 4.41. The van der Waals surface area contributed by atoms with E-state index in [0.717, 1.165) is 12.0 Å². The fourth-order valence-electron chi connectivity index (χ4n) is 4.41. The van der Waals surface area contributed by atoms with E-state index in [0.29, 0.717) is 19.3 Å². The summed E-state index contributed by atoms with van der Waals surface area (Å²) >= 11 is 0. The minimum atomic E-state index is -0.591. The van der Waals surface area contributed by atoms with E-state index in [1.54, 1.807) is 4.90 Å². The number of hydrogen-bond donors (Lipinski definition) is 0. The zero-order valence-electron chi connectivity index (χ0n) is 21.1. The minimum Gasteiger partial charge on any atom is -0.459 e. The van der Waals surface area contributed by atoms with Crippen molar-refractivity contribution in [1.82, 2.24) is 4.90 Å². The highest BCUT2D eigenvalue weighted by atomic mass is 16.6. The summed E-state index contributed by atoms with van der Waals surface area (Å²) < 4.78 is 11.4. The number of benzene rings is 2. The predicted molar refractivity (Wildman–Crippen MR) is 137 cm³/mol. The minimum absolute atomic E-state index is 0.0328. The second-order valence-electron chi connectivity index (χ2n) is 9.09. The molecule has 3 rings (SSSR count).